The summed E-state index contributed by atoms with van der Waals surface area (Å²) in [4.78, 5) is 20.1. The van der Waals surface area contributed by atoms with Crippen molar-refractivity contribution in [2.45, 2.75) is 4.90 Å². The van der Waals surface area contributed by atoms with Gasteiger partial charge in [-0.05, 0) is 29.8 Å². The molecule has 0 unspecified atom stereocenters. The summed E-state index contributed by atoms with van der Waals surface area (Å²) >= 11 is 7.28. The Bertz CT molecular complexity index is 1170. The minimum absolute atomic E-state index is 0.0217. The van der Waals surface area contributed by atoms with Crippen molar-refractivity contribution in [2.24, 2.45) is 5.14 Å². The van der Waals surface area contributed by atoms with E-state index < -0.39 is 10.0 Å². The summed E-state index contributed by atoms with van der Waals surface area (Å²) in [6.45, 7) is 2.05. The Morgan fingerprint density at radius 3 is 2.23 bits per heavy atom. The first-order valence-electron chi connectivity index (χ1n) is 9.10. The molecule has 2 N–H and O–H groups in total. The molecule has 0 atom stereocenters. The number of benzene rings is 2. The summed E-state index contributed by atoms with van der Waals surface area (Å²) in [5.74, 6) is -0.147. The van der Waals surface area contributed by atoms with Crippen molar-refractivity contribution in [2.75, 3.05) is 26.3 Å². The van der Waals surface area contributed by atoms with Crippen LogP contribution in [0.3, 0.4) is 0 Å². The molecule has 1 amide bonds. The largest absolute Gasteiger partial charge is 0.378 e. The number of carbonyl (C=O) groups excluding carboxylic acids is 1. The van der Waals surface area contributed by atoms with Crippen molar-refractivity contribution in [1.29, 1.82) is 0 Å². The molecule has 0 spiro atoms. The van der Waals surface area contributed by atoms with Crippen LogP contribution in [0.4, 0.5) is 0 Å². The summed E-state index contributed by atoms with van der Waals surface area (Å²) in [6.07, 6.45) is 0. The van der Waals surface area contributed by atoms with E-state index in [9.17, 15) is 13.2 Å². The van der Waals surface area contributed by atoms with Crippen LogP contribution in [-0.2, 0) is 14.8 Å². The molecule has 1 aliphatic heterocycles. The number of carbonyl (C=O) groups is 1. The van der Waals surface area contributed by atoms with Gasteiger partial charge in [-0.25, -0.2) is 18.5 Å². The molecule has 1 saturated heterocycles. The molecular formula is C20H18ClN3O4S2. The van der Waals surface area contributed by atoms with Gasteiger partial charge in [-0.1, -0.05) is 35.9 Å². The lowest BCUT2D eigenvalue weighted by Crippen LogP contribution is -2.40. The molecule has 1 aliphatic rings. The quantitative estimate of drug-likeness (QED) is 0.639. The summed E-state index contributed by atoms with van der Waals surface area (Å²) in [5, 5.41) is 6.16. The number of morpholine rings is 1. The van der Waals surface area contributed by atoms with E-state index in [2.05, 4.69) is 4.98 Å². The molecule has 156 valence electrons. The van der Waals surface area contributed by atoms with Gasteiger partial charge in [0.25, 0.3) is 5.91 Å². The van der Waals surface area contributed by atoms with Gasteiger partial charge in [0.2, 0.25) is 10.0 Å². The first-order valence-corrected chi connectivity index (χ1v) is 11.8. The van der Waals surface area contributed by atoms with Crippen molar-refractivity contribution in [3.8, 4) is 21.7 Å². The molecule has 1 aromatic heterocycles. The SMILES string of the molecule is NS(=O)(=O)c1ccc(-c2sc(C(=O)N3CCOCC3)nc2-c2ccc(Cl)cc2)cc1. The number of nitrogens with zero attached hydrogens (tertiary/aromatic N) is 2. The van der Waals surface area contributed by atoms with Crippen LogP contribution in [0.1, 0.15) is 9.80 Å². The number of amides is 1. The highest BCUT2D eigenvalue weighted by atomic mass is 35.5. The van der Waals surface area contributed by atoms with E-state index in [1.807, 2.05) is 12.1 Å². The molecule has 0 bridgehead atoms. The van der Waals surface area contributed by atoms with Gasteiger partial charge in [0.05, 0.1) is 28.7 Å². The number of sulfonamides is 1. The molecule has 0 saturated carbocycles. The Hall–Kier alpha value is -2.30. The lowest BCUT2D eigenvalue weighted by atomic mass is 10.1. The Morgan fingerprint density at radius 2 is 1.63 bits per heavy atom. The molecule has 2 aromatic carbocycles. The van der Waals surface area contributed by atoms with Crippen LogP contribution in [0.25, 0.3) is 21.7 Å². The highest BCUT2D eigenvalue weighted by molar-refractivity contribution is 7.89. The number of thiazole rings is 1. The third kappa shape index (κ3) is 4.40. The molecule has 0 aliphatic carbocycles. The zero-order chi connectivity index (χ0) is 21.3. The van der Waals surface area contributed by atoms with E-state index >= 15 is 0 Å². The minimum atomic E-state index is -3.79. The summed E-state index contributed by atoms with van der Waals surface area (Å²) in [5.41, 5.74) is 2.18. The fraction of sp³-hybridized carbons (Fsp3) is 0.200. The second-order valence-corrected chi connectivity index (χ2v) is 9.67. The number of ether oxygens (including phenoxy) is 1. The van der Waals surface area contributed by atoms with Gasteiger partial charge in [-0.3, -0.25) is 4.79 Å². The minimum Gasteiger partial charge on any atom is -0.378 e. The molecule has 1 fully saturated rings. The van der Waals surface area contributed by atoms with Crippen LogP contribution in [-0.4, -0.2) is 50.5 Å². The predicted molar refractivity (Wildman–Crippen MR) is 116 cm³/mol. The molecule has 3 aromatic rings. The average molecular weight is 464 g/mol. The van der Waals surface area contributed by atoms with E-state index in [1.54, 1.807) is 29.2 Å². The Kier molecular flexibility index (Phi) is 5.90. The average Bonchev–Trinajstić information content (AvgIpc) is 3.19. The Morgan fingerprint density at radius 1 is 1.03 bits per heavy atom. The van der Waals surface area contributed by atoms with Gasteiger partial charge in [-0.15, -0.1) is 11.3 Å². The standard InChI is InChI=1S/C20H18ClN3O4S2/c21-15-5-1-13(2-6-15)17-18(14-3-7-16(8-4-14)30(22,26)27)29-19(23-17)20(25)24-9-11-28-12-10-24/h1-8H,9-12H2,(H2,22,26,27). The molecule has 0 radical (unpaired) electrons. The van der Waals surface area contributed by atoms with Gasteiger partial charge < -0.3 is 9.64 Å². The maximum Gasteiger partial charge on any atom is 0.283 e. The van der Waals surface area contributed by atoms with Crippen LogP contribution in [0, 0.1) is 0 Å². The van der Waals surface area contributed by atoms with Crippen molar-refractivity contribution in [3.63, 3.8) is 0 Å². The second kappa shape index (κ2) is 8.44. The molecule has 10 heteroatoms. The first-order chi connectivity index (χ1) is 14.3. The maximum atomic E-state index is 13.0. The van der Waals surface area contributed by atoms with Crippen molar-refractivity contribution >= 4 is 38.9 Å². The molecular weight excluding hydrogens is 446 g/mol. The van der Waals surface area contributed by atoms with Gasteiger partial charge in [0, 0.05) is 23.7 Å². The fourth-order valence-electron chi connectivity index (χ4n) is 3.11. The van der Waals surface area contributed by atoms with Crippen molar-refractivity contribution < 1.29 is 17.9 Å². The summed E-state index contributed by atoms with van der Waals surface area (Å²) < 4.78 is 28.4. The molecule has 2 heterocycles. The van der Waals surface area contributed by atoms with E-state index in [1.165, 1.54) is 23.5 Å². The number of hydrogen-bond donors (Lipinski definition) is 1. The van der Waals surface area contributed by atoms with Crippen LogP contribution in [0.5, 0.6) is 0 Å². The highest BCUT2D eigenvalue weighted by Gasteiger charge is 2.25. The number of primary sulfonamides is 1. The lowest BCUT2D eigenvalue weighted by Gasteiger charge is -2.25. The monoisotopic (exact) mass is 463 g/mol. The first kappa shape index (κ1) is 21.0. The number of rotatable bonds is 4. The smallest absolute Gasteiger partial charge is 0.283 e. The van der Waals surface area contributed by atoms with E-state index in [4.69, 9.17) is 21.5 Å². The molecule has 4 rings (SSSR count). The van der Waals surface area contributed by atoms with Crippen molar-refractivity contribution in [1.82, 2.24) is 9.88 Å². The Labute approximate surface area is 183 Å². The third-order valence-electron chi connectivity index (χ3n) is 4.67. The van der Waals surface area contributed by atoms with Gasteiger partial charge in [0.15, 0.2) is 5.01 Å². The van der Waals surface area contributed by atoms with Gasteiger partial charge in [-0.2, -0.15) is 0 Å². The molecule has 7 nitrogen and oxygen atoms in total. The third-order valence-corrected chi connectivity index (χ3v) is 6.94. The van der Waals surface area contributed by atoms with E-state index in [-0.39, 0.29) is 10.8 Å². The highest BCUT2D eigenvalue weighted by Crippen LogP contribution is 2.38. The Balaban J connectivity index is 1.78. The number of nitrogens with two attached hydrogens (primary N) is 1. The predicted octanol–water partition coefficient (Wildman–Crippen LogP) is 3.25. The zero-order valence-corrected chi connectivity index (χ0v) is 18.1. The number of halogens is 1. The number of hydrogen-bond acceptors (Lipinski definition) is 6. The lowest BCUT2D eigenvalue weighted by molar-refractivity contribution is 0.0302. The molecule has 30 heavy (non-hydrogen) atoms. The second-order valence-electron chi connectivity index (χ2n) is 6.68. The summed E-state index contributed by atoms with van der Waals surface area (Å²) in [7, 11) is -3.79. The van der Waals surface area contributed by atoms with Crippen LogP contribution in [0.2, 0.25) is 5.02 Å². The topological polar surface area (TPSA) is 103 Å². The summed E-state index contributed by atoms with van der Waals surface area (Å²) in [6, 6.07) is 13.4. The van der Waals surface area contributed by atoms with Crippen LogP contribution in [0.15, 0.2) is 53.4 Å². The maximum absolute atomic E-state index is 13.0. The zero-order valence-electron chi connectivity index (χ0n) is 15.7. The van der Waals surface area contributed by atoms with Crippen molar-refractivity contribution in [3.05, 3.63) is 58.6 Å². The van der Waals surface area contributed by atoms with E-state index in [0.717, 1.165) is 16.0 Å². The van der Waals surface area contributed by atoms with Gasteiger partial charge >= 0.3 is 0 Å². The normalized spacial score (nSPS) is 14.7. The van der Waals surface area contributed by atoms with Gasteiger partial charge in [0.1, 0.15) is 0 Å². The number of aromatic nitrogens is 1. The van der Waals surface area contributed by atoms with Crippen LogP contribution < -0.4 is 5.14 Å². The van der Waals surface area contributed by atoms with Crippen LogP contribution >= 0.6 is 22.9 Å². The fourth-order valence-corrected chi connectivity index (χ4v) is 4.81. The van der Waals surface area contributed by atoms with E-state index in [0.29, 0.717) is 42.0 Å².